The van der Waals surface area contributed by atoms with Gasteiger partial charge in [-0.15, -0.1) is 0 Å². The third-order valence-corrected chi connectivity index (χ3v) is 5.20. The highest BCUT2D eigenvalue weighted by molar-refractivity contribution is 6.35. The molecule has 1 N–H and O–H groups in total. The van der Waals surface area contributed by atoms with Gasteiger partial charge >= 0.3 is 5.97 Å². The SMILES string of the molecule is O=C(O)CCN1CCO[C@H](c2ccc(OCc3c(Cl)cccc3Cl)cc2)C1. The van der Waals surface area contributed by atoms with Crippen LogP contribution in [0.4, 0.5) is 0 Å². The lowest BCUT2D eigenvalue weighted by Crippen LogP contribution is -2.39. The second-order valence-electron chi connectivity index (χ2n) is 6.36. The van der Waals surface area contributed by atoms with Gasteiger partial charge in [0.15, 0.2) is 0 Å². The van der Waals surface area contributed by atoms with E-state index in [1.54, 1.807) is 18.2 Å². The molecule has 1 aliphatic heterocycles. The molecule has 1 aliphatic rings. The van der Waals surface area contributed by atoms with Crippen LogP contribution < -0.4 is 4.74 Å². The van der Waals surface area contributed by atoms with Crippen molar-refractivity contribution in [2.24, 2.45) is 0 Å². The average molecular weight is 410 g/mol. The highest BCUT2D eigenvalue weighted by atomic mass is 35.5. The zero-order valence-electron chi connectivity index (χ0n) is 14.7. The largest absolute Gasteiger partial charge is 0.489 e. The summed E-state index contributed by atoms with van der Waals surface area (Å²) in [6, 6.07) is 13.1. The number of rotatable bonds is 7. The number of aliphatic carboxylic acids is 1. The van der Waals surface area contributed by atoms with Gasteiger partial charge < -0.3 is 14.6 Å². The number of nitrogens with zero attached hydrogens (tertiary/aromatic N) is 1. The van der Waals surface area contributed by atoms with Crippen molar-refractivity contribution in [1.29, 1.82) is 0 Å². The van der Waals surface area contributed by atoms with Gasteiger partial charge in [-0.25, -0.2) is 0 Å². The van der Waals surface area contributed by atoms with Gasteiger partial charge in [0.2, 0.25) is 0 Å². The summed E-state index contributed by atoms with van der Waals surface area (Å²) in [6.07, 6.45) is 0.0732. The van der Waals surface area contributed by atoms with Crippen molar-refractivity contribution in [3.8, 4) is 5.75 Å². The molecular formula is C20H21Cl2NO4. The third-order valence-electron chi connectivity index (χ3n) is 4.49. The molecule has 1 fully saturated rings. The number of carboxylic acid groups (broad SMARTS) is 1. The van der Waals surface area contributed by atoms with Gasteiger partial charge in [0.05, 0.1) is 19.1 Å². The highest BCUT2D eigenvalue weighted by Crippen LogP contribution is 2.27. The lowest BCUT2D eigenvalue weighted by Gasteiger charge is -2.32. The molecule has 2 aromatic rings. The summed E-state index contributed by atoms with van der Waals surface area (Å²) in [6.45, 7) is 2.86. The summed E-state index contributed by atoms with van der Waals surface area (Å²) in [5, 5.41) is 10.00. The lowest BCUT2D eigenvalue weighted by atomic mass is 10.1. The highest BCUT2D eigenvalue weighted by Gasteiger charge is 2.22. The molecule has 0 saturated carbocycles. The van der Waals surface area contributed by atoms with E-state index >= 15 is 0 Å². The van der Waals surface area contributed by atoms with E-state index in [2.05, 4.69) is 4.90 Å². The third kappa shape index (κ3) is 5.59. The van der Waals surface area contributed by atoms with E-state index in [9.17, 15) is 4.79 Å². The minimum absolute atomic E-state index is 0.0698. The van der Waals surface area contributed by atoms with Gasteiger partial charge in [-0.1, -0.05) is 41.4 Å². The molecule has 0 unspecified atom stereocenters. The maximum atomic E-state index is 10.7. The Morgan fingerprint density at radius 2 is 1.89 bits per heavy atom. The Balaban J connectivity index is 1.57. The summed E-state index contributed by atoms with van der Waals surface area (Å²) < 4.78 is 11.6. The molecule has 27 heavy (non-hydrogen) atoms. The maximum absolute atomic E-state index is 10.7. The van der Waals surface area contributed by atoms with Crippen LogP contribution in [0, 0.1) is 0 Å². The number of carboxylic acids is 1. The number of benzene rings is 2. The van der Waals surface area contributed by atoms with Crippen molar-refractivity contribution < 1.29 is 19.4 Å². The summed E-state index contributed by atoms with van der Waals surface area (Å²) in [5.74, 6) is -0.0635. The number of halogens is 2. The van der Waals surface area contributed by atoms with Crippen molar-refractivity contribution in [3.05, 3.63) is 63.6 Å². The van der Waals surface area contributed by atoms with Crippen LogP contribution in [0.15, 0.2) is 42.5 Å². The Hall–Kier alpha value is -1.79. The van der Waals surface area contributed by atoms with Gasteiger partial charge in [-0.05, 0) is 29.8 Å². The quantitative estimate of drug-likeness (QED) is 0.733. The molecule has 0 radical (unpaired) electrons. The second kappa shape index (κ2) is 9.42. The number of hydrogen-bond donors (Lipinski definition) is 1. The fourth-order valence-electron chi connectivity index (χ4n) is 2.97. The van der Waals surface area contributed by atoms with E-state index in [-0.39, 0.29) is 12.5 Å². The molecule has 0 bridgehead atoms. The minimum Gasteiger partial charge on any atom is -0.489 e. The molecule has 144 valence electrons. The predicted molar refractivity (Wildman–Crippen MR) is 105 cm³/mol. The van der Waals surface area contributed by atoms with Crippen molar-refractivity contribution in [3.63, 3.8) is 0 Å². The van der Waals surface area contributed by atoms with Gasteiger partial charge in [0.25, 0.3) is 0 Å². The maximum Gasteiger partial charge on any atom is 0.304 e. The van der Waals surface area contributed by atoms with Gasteiger partial charge in [-0.2, -0.15) is 0 Å². The van der Waals surface area contributed by atoms with Crippen LogP contribution in [0.2, 0.25) is 10.0 Å². The number of ether oxygens (including phenoxy) is 2. The molecule has 1 saturated heterocycles. The van der Waals surface area contributed by atoms with Crippen LogP contribution >= 0.6 is 23.2 Å². The lowest BCUT2D eigenvalue weighted by molar-refractivity contribution is -0.137. The molecule has 5 nitrogen and oxygen atoms in total. The summed E-state index contributed by atoms with van der Waals surface area (Å²) in [7, 11) is 0. The Morgan fingerprint density at radius 3 is 2.56 bits per heavy atom. The van der Waals surface area contributed by atoms with Crippen LogP contribution in [-0.4, -0.2) is 42.2 Å². The fourth-order valence-corrected chi connectivity index (χ4v) is 3.47. The Morgan fingerprint density at radius 1 is 1.19 bits per heavy atom. The standard InChI is InChI=1S/C20H21Cl2NO4/c21-17-2-1-3-18(22)16(17)13-27-15-6-4-14(5-7-15)19-12-23(10-11-26-19)9-8-20(24)25/h1-7,19H,8-13H2,(H,24,25)/t19-/m0/s1. The molecule has 0 spiro atoms. The fraction of sp³-hybridized carbons (Fsp3) is 0.350. The van der Waals surface area contributed by atoms with Gasteiger partial charge in [0.1, 0.15) is 12.4 Å². The van der Waals surface area contributed by atoms with Gasteiger partial charge in [0, 0.05) is 35.2 Å². The average Bonchev–Trinajstić information content (AvgIpc) is 2.67. The topological polar surface area (TPSA) is 59.0 Å². The number of carbonyl (C=O) groups is 1. The predicted octanol–water partition coefficient (Wildman–Crippen LogP) is 4.42. The van der Waals surface area contributed by atoms with Crippen molar-refractivity contribution in [2.45, 2.75) is 19.1 Å². The van der Waals surface area contributed by atoms with E-state index < -0.39 is 5.97 Å². The monoisotopic (exact) mass is 409 g/mol. The van der Waals surface area contributed by atoms with Crippen LogP contribution in [0.1, 0.15) is 23.7 Å². The molecule has 7 heteroatoms. The molecule has 1 heterocycles. The second-order valence-corrected chi connectivity index (χ2v) is 7.18. The number of morpholine rings is 1. The van der Waals surface area contributed by atoms with E-state index in [0.29, 0.717) is 42.1 Å². The van der Waals surface area contributed by atoms with E-state index in [1.165, 1.54) is 0 Å². The summed E-state index contributed by atoms with van der Waals surface area (Å²) >= 11 is 12.3. The van der Waals surface area contributed by atoms with E-state index in [0.717, 1.165) is 17.7 Å². The van der Waals surface area contributed by atoms with E-state index in [1.807, 2.05) is 24.3 Å². The Labute approximate surface area is 168 Å². The number of hydrogen-bond acceptors (Lipinski definition) is 4. The molecule has 0 amide bonds. The van der Waals surface area contributed by atoms with Crippen LogP contribution in [0.5, 0.6) is 5.75 Å². The first-order chi connectivity index (χ1) is 13.0. The summed E-state index contributed by atoms with van der Waals surface area (Å²) in [4.78, 5) is 12.9. The van der Waals surface area contributed by atoms with Crippen LogP contribution in [0.3, 0.4) is 0 Å². The first-order valence-electron chi connectivity index (χ1n) is 8.74. The zero-order chi connectivity index (χ0) is 19.2. The smallest absolute Gasteiger partial charge is 0.304 e. The molecule has 0 aromatic heterocycles. The zero-order valence-corrected chi connectivity index (χ0v) is 16.2. The molecule has 0 aliphatic carbocycles. The normalized spacial score (nSPS) is 17.6. The van der Waals surface area contributed by atoms with Gasteiger partial charge in [-0.3, -0.25) is 9.69 Å². The van der Waals surface area contributed by atoms with Crippen LogP contribution in [0.25, 0.3) is 0 Å². The molecule has 3 rings (SSSR count). The van der Waals surface area contributed by atoms with Crippen molar-refractivity contribution >= 4 is 29.2 Å². The van der Waals surface area contributed by atoms with Crippen LogP contribution in [-0.2, 0) is 16.1 Å². The molecular weight excluding hydrogens is 389 g/mol. The minimum atomic E-state index is -0.779. The Kier molecular flexibility index (Phi) is 6.96. The Bertz CT molecular complexity index is 762. The van der Waals surface area contributed by atoms with Crippen molar-refractivity contribution in [1.82, 2.24) is 4.90 Å². The van der Waals surface area contributed by atoms with Crippen molar-refractivity contribution in [2.75, 3.05) is 26.2 Å². The first kappa shape index (κ1) is 20.0. The molecule has 2 aromatic carbocycles. The van der Waals surface area contributed by atoms with E-state index in [4.69, 9.17) is 37.8 Å². The molecule has 1 atom stereocenters. The summed E-state index contributed by atoms with van der Waals surface area (Å²) in [5.41, 5.74) is 1.80. The first-order valence-corrected chi connectivity index (χ1v) is 9.50.